The van der Waals surface area contributed by atoms with E-state index in [1.807, 2.05) is 30.3 Å². The van der Waals surface area contributed by atoms with Crippen molar-refractivity contribution >= 4 is 32.5 Å². The minimum Gasteiger partial charge on any atom is -0.267 e. The Morgan fingerprint density at radius 3 is 2.67 bits per heavy atom. The summed E-state index contributed by atoms with van der Waals surface area (Å²) in [5.41, 5.74) is 1.32. The molecule has 0 spiro atoms. The second-order valence-electron chi connectivity index (χ2n) is 4.00. The SMILES string of the molecule is CCS(=O)(=O)O/N=C1C=C/C(=C(\C#N)c2ccccc2)S/1. The van der Waals surface area contributed by atoms with E-state index in [0.29, 0.717) is 15.5 Å². The summed E-state index contributed by atoms with van der Waals surface area (Å²) in [5, 5.41) is 13.3. The quantitative estimate of drug-likeness (QED) is 0.629. The van der Waals surface area contributed by atoms with Crippen molar-refractivity contribution in [2.24, 2.45) is 5.16 Å². The summed E-state index contributed by atoms with van der Waals surface area (Å²) in [7, 11) is -3.62. The molecule has 2 rings (SSSR count). The van der Waals surface area contributed by atoms with Gasteiger partial charge in [0.15, 0.2) is 0 Å². The molecule has 0 fully saturated rings. The van der Waals surface area contributed by atoms with Gasteiger partial charge >= 0.3 is 10.1 Å². The van der Waals surface area contributed by atoms with Gasteiger partial charge in [0.05, 0.1) is 11.3 Å². The molecule has 1 aliphatic rings. The number of benzene rings is 1. The lowest BCUT2D eigenvalue weighted by Gasteiger charge is -2.02. The minimum absolute atomic E-state index is 0.145. The normalized spacial score (nSPS) is 18.6. The molecule has 0 bridgehead atoms. The van der Waals surface area contributed by atoms with Crippen LogP contribution in [-0.2, 0) is 14.4 Å². The molecule has 0 aromatic heterocycles. The molecule has 0 N–H and O–H groups in total. The van der Waals surface area contributed by atoms with E-state index in [0.717, 1.165) is 5.56 Å². The molecule has 0 atom stereocenters. The summed E-state index contributed by atoms with van der Waals surface area (Å²) in [6.07, 6.45) is 3.34. The average molecular weight is 320 g/mol. The molecular weight excluding hydrogens is 308 g/mol. The van der Waals surface area contributed by atoms with Crippen molar-refractivity contribution in [2.75, 3.05) is 5.75 Å². The van der Waals surface area contributed by atoms with Gasteiger partial charge in [0.2, 0.25) is 0 Å². The van der Waals surface area contributed by atoms with Crippen LogP contribution in [0.1, 0.15) is 12.5 Å². The first-order chi connectivity index (χ1) is 10.1. The van der Waals surface area contributed by atoms with E-state index in [9.17, 15) is 13.7 Å². The van der Waals surface area contributed by atoms with Crippen molar-refractivity contribution in [1.82, 2.24) is 0 Å². The van der Waals surface area contributed by atoms with Crippen LogP contribution >= 0.6 is 11.8 Å². The Balaban J connectivity index is 2.23. The Bertz CT molecular complexity index is 757. The van der Waals surface area contributed by atoms with E-state index in [1.54, 1.807) is 12.2 Å². The summed E-state index contributed by atoms with van der Waals surface area (Å²) in [6, 6.07) is 11.4. The van der Waals surface area contributed by atoms with Crippen LogP contribution in [0.2, 0.25) is 0 Å². The predicted molar refractivity (Wildman–Crippen MR) is 83.7 cm³/mol. The van der Waals surface area contributed by atoms with Crippen LogP contribution < -0.4 is 0 Å². The monoisotopic (exact) mass is 320 g/mol. The fourth-order valence-corrected chi connectivity index (χ4v) is 2.71. The van der Waals surface area contributed by atoms with Crippen molar-refractivity contribution in [1.29, 1.82) is 5.26 Å². The average Bonchev–Trinajstić information content (AvgIpc) is 2.96. The molecule has 1 aliphatic heterocycles. The van der Waals surface area contributed by atoms with Gasteiger partial charge in [-0.1, -0.05) is 47.2 Å². The number of nitrogens with zero attached hydrogens (tertiary/aromatic N) is 2. The third kappa shape index (κ3) is 3.97. The number of rotatable bonds is 4. The van der Waals surface area contributed by atoms with Crippen LogP contribution in [0.15, 0.2) is 52.5 Å². The Labute approximate surface area is 127 Å². The molecule has 0 radical (unpaired) electrons. The zero-order valence-corrected chi connectivity index (χ0v) is 12.8. The van der Waals surface area contributed by atoms with Crippen molar-refractivity contribution in [3.05, 3.63) is 53.0 Å². The van der Waals surface area contributed by atoms with Crippen LogP contribution in [-0.4, -0.2) is 19.2 Å². The molecule has 0 unspecified atom stereocenters. The van der Waals surface area contributed by atoms with Crippen LogP contribution in [0, 0.1) is 11.3 Å². The topological polar surface area (TPSA) is 79.5 Å². The van der Waals surface area contributed by atoms with Crippen molar-refractivity contribution in [3.8, 4) is 6.07 Å². The van der Waals surface area contributed by atoms with Crippen LogP contribution in [0.25, 0.3) is 5.57 Å². The van der Waals surface area contributed by atoms with Gasteiger partial charge in [-0.2, -0.15) is 13.7 Å². The molecule has 7 heteroatoms. The molecule has 0 amide bonds. The van der Waals surface area contributed by atoms with Gasteiger partial charge in [0, 0.05) is 4.91 Å². The summed E-state index contributed by atoms with van der Waals surface area (Å²) >= 11 is 1.20. The predicted octanol–water partition coefficient (Wildman–Crippen LogP) is 2.90. The number of nitriles is 1. The Morgan fingerprint density at radius 2 is 2.05 bits per heavy atom. The summed E-state index contributed by atoms with van der Waals surface area (Å²) in [5.74, 6) is -0.145. The molecular formula is C14H12N2O3S2. The highest BCUT2D eigenvalue weighted by Crippen LogP contribution is 2.33. The van der Waals surface area contributed by atoms with E-state index in [2.05, 4.69) is 15.5 Å². The van der Waals surface area contributed by atoms with Crippen LogP contribution in [0.3, 0.4) is 0 Å². The first kappa shape index (κ1) is 15.4. The number of hydrogen-bond acceptors (Lipinski definition) is 6. The molecule has 1 aromatic rings. The van der Waals surface area contributed by atoms with Gasteiger partial charge in [0.25, 0.3) is 0 Å². The number of thioether (sulfide) groups is 1. The standard InChI is InChI=1S/C14H12N2O3S2/c1-2-21(17,18)19-16-14-9-8-13(20-14)12(10-15)11-6-4-3-5-7-11/h3-9H,2H2,1H3/b13-12-,16-14-. The molecule has 0 saturated heterocycles. The van der Waals surface area contributed by atoms with E-state index < -0.39 is 10.1 Å². The van der Waals surface area contributed by atoms with Gasteiger partial charge in [-0.3, -0.25) is 4.28 Å². The molecule has 1 aromatic carbocycles. The fraction of sp³-hybridized carbons (Fsp3) is 0.143. The smallest absolute Gasteiger partial charge is 0.267 e. The van der Waals surface area contributed by atoms with Crippen LogP contribution in [0.4, 0.5) is 0 Å². The minimum atomic E-state index is -3.62. The maximum absolute atomic E-state index is 11.2. The van der Waals surface area contributed by atoms with E-state index >= 15 is 0 Å². The Hall–Kier alpha value is -2.04. The highest BCUT2D eigenvalue weighted by Gasteiger charge is 2.16. The lowest BCUT2D eigenvalue weighted by Crippen LogP contribution is -2.04. The van der Waals surface area contributed by atoms with Gasteiger partial charge in [-0.25, -0.2) is 0 Å². The van der Waals surface area contributed by atoms with Crippen molar-refractivity contribution in [3.63, 3.8) is 0 Å². The highest BCUT2D eigenvalue weighted by atomic mass is 32.2. The Morgan fingerprint density at radius 1 is 1.33 bits per heavy atom. The molecule has 21 heavy (non-hydrogen) atoms. The molecule has 0 saturated carbocycles. The molecule has 0 aliphatic carbocycles. The third-order valence-corrected chi connectivity index (χ3v) is 4.60. The maximum Gasteiger partial charge on any atom is 0.328 e. The Kier molecular flexibility index (Phi) is 4.83. The van der Waals surface area contributed by atoms with Gasteiger partial charge in [-0.15, -0.1) is 0 Å². The summed E-state index contributed by atoms with van der Waals surface area (Å²) < 4.78 is 27.0. The lowest BCUT2D eigenvalue weighted by atomic mass is 10.1. The second-order valence-corrected chi connectivity index (χ2v) is 6.91. The largest absolute Gasteiger partial charge is 0.328 e. The summed E-state index contributed by atoms with van der Waals surface area (Å²) in [4.78, 5) is 0.708. The second kappa shape index (κ2) is 6.61. The van der Waals surface area contributed by atoms with E-state index in [1.165, 1.54) is 18.7 Å². The van der Waals surface area contributed by atoms with Gasteiger partial charge in [-0.05, 0) is 24.6 Å². The first-order valence-electron chi connectivity index (χ1n) is 6.11. The lowest BCUT2D eigenvalue weighted by molar-refractivity contribution is 0.341. The van der Waals surface area contributed by atoms with E-state index in [4.69, 9.17) is 0 Å². The molecule has 1 heterocycles. The first-order valence-corrected chi connectivity index (χ1v) is 8.50. The summed E-state index contributed by atoms with van der Waals surface area (Å²) in [6.45, 7) is 1.47. The third-order valence-electron chi connectivity index (χ3n) is 2.61. The zero-order chi connectivity index (χ0) is 15.3. The highest BCUT2D eigenvalue weighted by molar-refractivity contribution is 8.18. The van der Waals surface area contributed by atoms with Gasteiger partial charge in [0.1, 0.15) is 11.1 Å². The molecule has 5 nitrogen and oxygen atoms in total. The van der Waals surface area contributed by atoms with Gasteiger partial charge < -0.3 is 0 Å². The molecule has 108 valence electrons. The number of hydrogen-bond donors (Lipinski definition) is 0. The number of allylic oxidation sites excluding steroid dienone is 2. The maximum atomic E-state index is 11.2. The van der Waals surface area contributed by atoms with Crippen molar-refractivity contribution in [2.45, 2.75) is 6.92 Å². The van der Waals surface area contributed by atoms with Crippen molar-refractivity contribution < 1.29 is 12.7 Å². The van der Waals surface area contributed by atoms with E-state index in [-0.39, 0.29) is 5.75 Å². The number of oxime groups is 1. The zero-order valence-electron chi connectivity index (χ0n) is 11.2. The van der Waals surface area contributed by atoms with Crippen LogP contribution in [0.5, 0.6) is 0 Å². The fourth-order valence-electron chi connectivity index (χ4n) is 1.52.